The van der Waals surface area contributed by atoms with Gasteiger partial charge in [0.25, 0.3) is 5.91 Å². The smallest absolute Gasteiger partial charge is 0.271 e. The van der Waals surface area contributed by atoms with Gasteiger partial charge < -0.3 is 4.57 Å². The Labute approximate surface area is 211 Å². The third kappa shape index (κ3) is 4.75. The third-order valence-electron chi connectivity index (χ3n) is 6.20. The molecule has 0 aliphatic heterocycles. The van der Waals surface area contributed by atoms with Gasteiger partial charge in [-0.1, -0.05) is 96.6 Å². The first-order valence-corrected chi connectivity index (χ1v) is 11.9. The standard InChI is InChI=1S/C32H27N3O/c1-23-17-19-28(20-18-23)35-30(25-12-5-3-6-13-25)21-27(31(35)26-14-7-4-8-15-26)22-33-34-32(36)29-16-10-9-11-24(29)2/h3-22H,1-2H3,(H,34,36)/b33-22+. The summed E-state index contributed by atoms with van der Waals surface area (Å²) in [6.45, 7) is 4.00. The predicted octanol–water partition coefficient (Wildman–Crippen LogP) is 7.19. The Hall–Kier alpha value is -4.70. The first kappa shape index (κ1) is 23.1. The number of aromatic nitrogens is 1. The Morgan fingerprint density at radius 1 is 0.750 bits per heavy atom. The second-order valence-electron chi connectivity index (χ2n) is 8.75. The zero-order valence-corrected chi connectivity index (χ0v) is 20.3. The molecule has 0 aliphatic carbocycles. The van der Waals surface area contributed by atoms with Crippen LogP contribution in [-0.2, 0) is 0 Å². The molecular weight excluding hydrogens is 442 g/mol. The van der Waals surface area contributed by atoms with Crippen molar-refractivity contribution in [1.29, 1.82) is 0 Å². The van der Waals surface area contributed by atoms with E-state index in [0.717, 1.165) is 39.3 Å². The van der Waals surface area contributed by atoms with E-state index in [1.165, 1.54) is 5.56 Å². The molecule has 5 rings (SSSR count). The summed E-state index contributed by atoms with van der Waals surface area (Å²) in [6.07, 6.45) is 1.73. The molecule has 1 aromatic heterocycles. The Morgan fingerprint density at radius 2 is 1.36 bits per heavy atom. The summed E-state index contributed by atoms with van der Waals surface area (Å²) in [5, 5.41) is 4.36. The maximum absolute atomic E-state index is 12.7. The molecule has 0 unspecified atom stereocenters. The van der Waals surface area contributed by atoms with Crippen molar-refractivity contribution in [2.45, 2.75) is 13.8 Å². The van der Waals surface area contributed by atoms with Crippen LogP contribution < -0.4 is 5.43 Å². The molecule has 4 aromatic carbocycles. The van der Waals surface area contributed by atoms with Gasteiger partial charge in [0.05, 0.1) is 17.6 Å². The quantitative estimate of drug-likeness (QED) is 0.208. The van der Waals surface area contributed by atoms with Gasteiger partial charge in [-0.25, -0.2) is 5.43 Å². The molecule has 0 saturated heterocycles. The predicted molar refractivity (Wildman–Crippen MR) is 148 cm³/mol. The van der Waals surface area contributed by atoms with Crippen molar-refractivity contribution in [1.82, 2.24) is 9.99 Å². The van der Waals surface area contributed by atoms with Crippen molar-refractivity contribution >= 4 is 12.1 Å². The van der Waals surface area contributed by atoms with Crippen LogP contribution in [0.2, 0.25) is 0 Å². The molecule has 0 aliphatic rings. The van der Waals surface area contributed by atoms with E-state index in [4.69, 9.17) is 0 Å². The summed E-state index contributed by atoms with van der Waals surface area (Å²) in [7, 11) is 0. The summed E-state index contributed by atoms with van der Waals surface area (Å²) >= 11 is 0. The van der Waals surface area contributed by atoms with Crippen molar-refractivity contribution in [3.8, 4) is 28.2 Å². The Bertz CT molecular complexity index is 1520. The minimum Gasteiger partial charge on any atom is -0.309 e. The van der Waals surface area contributed by atoms with E-state index in [2.05, 4.69) is 76.6 Å². The van der Waals surface area contributed by atoms with E-state index >= 15 is 0 Å². The molecule has 0 radical (unpaired) electrons. The molecule has 0 fully saturated rings. The van der Waals surface area contributed by atoms with Crippen LogP contribution in [-0.4, -0.2) is 16.7 Å². The number of carbonyl (C=O) groups excluding carboxylic acids is 1. The van der Waals surface area contributed by atoms with E-state index in [1.807, 2.05) is 61.5 Å². The van der Waals surface area contributed by atoms with Crippen LogP contribution in [0.3, 0.4) is 0 Å². The van der Waals surface area contributed by atoms with E-state index in [0.29, 0.717) is 5.56 Å². The highest BCUT2D eigenvalue weighted by atomic mass is 16.2. The summed E-state index contributed by atoms with van der Waals surface area (Å²) < 4.78 is 2.26. The van der Waals surface area contributed by atoms with Gasteiger partial charge in [0.2, 0.25) is 0 Å². The number of benzene rings is 4. The zero-order valence-electron chi connectivity index (χ0n) is 20.3. The Morgan fingerprint density at radius 3 is 2.03 bits per heavy atom. The number of nitrogens with one attached hydrogen (secondary N) is 1. The highest BCUT2D eigenvalue weighted by Gasteiger charge is 2.18. The van der Waals surface area contributed by atoms with E-state index in [-0.39, 0.29) is 5.91 Å². The molecule has 36 heavy (non-hydrogen) atoms. The largest absolute Gasteiger partial charge is 0.309 e. The van der Waals surface area contributed by atoms with Gasteiger partial charge in [-0.15, -0.1) is 0 Å². The van der Waals surface area contributed by atoms with Crippen molar-refractivity contribution in [2.75, 3.05) is 0 Å². The summed E-state index contributed by atoms with van der Waals surface area (Å²) in [6, 6.07) is 38.7. The molecular formula is C32H27N3O. The average molecular weight is 470 g/mol. The monoisotopic (exact) mass is 469 g/mol. The van der Waals surface area contributed by atoms with E-state index in [9.17, 15) is 4.79 Å². The number of nitrogens with zero attached hydrogens (tertiary/aromatic N) is 2. The lowest BCUT2D eigenvalue weighted by atomic mass is 10.1. The van der Waals surface area contributed by atoms with Gasteiger partial charge >= 0.3 is 0 Å². The van der Waals surface area contributed by atoms with Gasteiger partial charge in [-0.2, -0.15) is 5.10 Å². The van der Waals surface area contributed by atoms with Gasteiger partial charge in [-0.3, -0.25) is 4.79 Å². The second-order valence-corrected chi connectivity index (χ2v) is 8.75. The first-order chi connectivity index (χ1) is 17.6. The topological polar surface area (TPSA) is 46.4 Å². The average Bonchev–Trinajstić information content (AvgIpc) is 3.29. The summed E-state index contributed by atoms with van der Waals surface area (Å²) in [5.41, 5.74) is 11.6. The number of carbonyl (C=O) groups is 1. The molecule has 4 heteroatoms. The molecule has 1 amide bonds. The molecule has 0 bridgehead atoms. The fourth-order valence-corrected chi connectivity index (χ4v) is 4.35. The summed E-state index contributed by atoms with van der Waals surface area (Å²) in [4.78, 5) is 12.7. The highest BCUT2D eigenvalue weighted by Crippen LogP contribution is 2.35. The molecule has 0 spiro atoms. The van der Waals surface area contributed by atoms with Crippen molar-refractivity contribution in [2.24, 2.45) is 5.10 Å². The summed E-state index contributed by atoms with van der Waals surface area (Å²) in [5.74, 6) is -0.230. The first-order valence-electron chi connectivity index (χ1n) is 11.9. The number of hydrogen-bond donors (Lipinski definition) is 1. The van der Waals surface area contributed by atoms with Crippen LogP contribution in [0.5, 0.6) is 0 Å². The van der Waals surface area contributed by atoms with Gasteiger partial charge in [0.15, 0.2) is 0 Å². The fourth-order valence-electron chi connectivity index (χ4n) is 4.35. The van der Waals surface area contributed by atoms with Crippen molar-refractivity contribution in [3.05, 3.63) is 138 Å². The third-order valence-corrected chi connectivity index (χ3v) is 6.20. The Kier molecular flexibility index (Phi) is 6.59. The van der Waals surface area contributed by atoms with E-state index < -0.39 is 0 Å². The minimum absolute atomic E-state index is 0.230. The molecule has 1 N–H and O–H groups in total. The second kappa shape index (κ2) is 10.3. The van der Waals surface area contributed by atoms with Crippen molar-refractivity contribution < 1.29 is 4.79 Å². The van der Waals surface area contributed by atoms with Crippen LogP contribution in [0.25, 0.3) is 28.2 Å². The fraction of sp³-hybridized carbons (Fsp3) is 0.0625. The molecule has 4 nitrogen and oxygen atoms in total. The molecule has 5 aromatic rings. The molecule has 0 saturated carbocycles. The van der Waals surface area contributed by atoms with Crippen LogP contribution in [0.15, 0.2) is 120 Å². The Balaban J connectivity index is 1.64. The molecule has 1 heterocycles. The SMILES string of the molecule is Cc1ccc(-n2c(-c3ccccc3)cc(/C=N/NC(=O)c3ccccc3C)c2-c2ccccc2)cc1. The minimum atomic E-state index is -0.230. The highest BCUT2D eigenvalue weighted by molar-refractivity contribution is 5.97. The van der Waals surface area contributed by atoms with Crippen LogP contribution in [0.1, 0.15) is 27.0 Å². The number of aryl methyl sites for hydroxylation is 2. The number of amides is 1. The number of rotatable bonds is 6. The van der Waals surface area contributed by atoms with Crippen molar-refractivity contribution in [3.63, 3.8) is 0 Å². The number of hydrogen-bond acceptors (Lipinski definition) is 2. The van der Waals surface area contributed by atoms with Crippen LogP contribution >= 0.6 is 0 Å². The maximum Gasteiger partial charge on any atom is 0.271 e. The lowest BCUT2D eigenvalue weighted by Gasteiger charge is -2.15. The van der Waals surface area contributed by atoms with Crippen LogP contribution in [0, 0.1) is 13.8 Å². The van der Waals surface area contributed by atoms with E-state index in [1.54, 1.807) is 12.3 Å². The van der Waals surface area contributed by atoms with Crippen LogP contribution in [0.4, 0.5) is 0 Å². The molecule has 0 atom stereocenters. The maximum atomic E-state index is 12.7. The van der Waals surface area contributed by atoms with Gasteiger partial charge in [-0.05, 0) is 54.8 Å². The molecule has 176 valence electrons. The van der Waals surface area contributed by atoms with Gasteiger partial charge in [0, 0.05) is 16.8 Å². The zero-order chi connectivity index (χ0) is 24.9. The van der Waals surface area contributed by atoms with Gasteiger partial charge in [0.1, 0.15) is 0 Å². The number of hydrazone groups is 1. The lowest BCUT2D eigenvalue weighted by molar-refractivity contribution is 0.0954. The normalized spacial score (nSPS) is 11.1. The lowest BCUT2D eigenvalue weighted by Crippen LogP contribution is -2.18.